The zero-order valence-corrected chi connectivity index (χ0v) is 23.3. The van der Waals surface area contributed by atoms with Gasteiger partial charge in [0.2, 0.25) is 0 Å². The number of para-hydroxylation sites is 1. The molecule has 0 aliphatic rings. The van der Waals surface area contributed by atoms with Crippen molar-refractivity contribution in [3.05, 3.63) is 158 Å². The van der Waals surface area contributed by atoms with Crippen LogP contribution in [0, 0.1) is 0 Å². The van der Waals surface area contributed by atoms with Gasteiger partial charge in [0.25, 0.3) is 0 Å². The Labute approximate surface area is 250 Å². The second-order valence-electron chi connectivity index (χ2n) is 11.1. The monoisotopic (exact) mass is 547 g/mol. The van der Waals surface area contributed by atoms with Gasteiger partial charge in [0, 0.05) is 16.2 Å². The molecule has 1 aromatic heterocycles. The molecular formula is C42H26O. The fourth-order valence-electron chi connectivity index (χ4n) is 6.85. The summed E-state index contributed by atoms with van der Waals surface area (Å²) in [7, 11) is 0. The predicted octanol–water partition coefficient (Wildman–Crippen LogP) is 12.0. The molecule has 9 aromatic rings. The van der Waals surface area contributed by atoms with E-state index in [1.807, 2.05) is 30.3 Å². The summed E-state index contributed by atoms with van der Waals surface area (Å²) in [6.45, 7) is 0. The van der Waals surface area contributed by atoms with Crippen LogP contribution in [0.2, 0.25) is 0 Å². The molecule has 1 heterocycles. The quantitative estimate of drug-likeness (QED) is 0.201. The van der Waals surface area contributed by atoms with Gasteiger partial charge >= 0.3 is 0 Å². The van der Waals surface area contributed by atoms with Crippen molar-refractivity contribution in [2.24, 2.45) is 0 Å². The smallest absolute Gasteiger partial charge is 0.143 e. The lowest BCUT2D eigenvalue weighted by molar-refractivity contribution is 0.673. The molecule has 43 heavy (non-hydrogen) atoms. The zero-order valence-electron chi connectivity index (χ0n) is 24.3. The summed E-state index contributed by atoms with van der Waals surface area (Å²) in [6.07, 6.45) is 0. The van der Waals surface area contributed by atoms with Crippen molar-refractivity contribution in [3.63, 3.8) is 0 Å². The summed E-state index contributed by atoms with van der Waals surface area (Å²) in [5.41, 5.74) is 8.43. The highest BCUT2D eigenvalue weighted by atomic mass is 16.3. The van der Waals surface area contributed by atoms with E-state index in [1.165, 1.54) is 33.0 Å². The molecule has 8 aromatic carbocycles. The van der Waals surface area contributed by atoms with Gasteiger partial charge in [-0.3, -0.25) is 0 Å². The van der Waals surface area contributed by atoms with Gasteiger partial charge in [0.05, 0.1) is 1.37 Å². The maximum absolute atomic E-state index is 9.72. The maximum Gasteiger partial charge on any atom is 0.143 e. The van der Waals surface area contributed by atoms with E-state index in [4.69, 9.17) is 4.42 Å². The number of furan rings is 1. The van der Waals surface area contributed by atoms with Crippen LogP contribution in [0.3, 0.4) is 0 Å². The first kappa shape index (κ1) is 23.0. The molecule has 0 bridgehead atoms. The molecule has 0 fully saturated rings. The molecule has 9 rings (SSSR count). The molecule has 0 N–H and O–H groups in total. The lowest BCUT2D eigenvalue weighted by Gasteiger charge is -2.19. The molecule has 0 amide bonds. The van der Waals surface area contributed by atoms with Crippen molar-refractivity contribution in [2.45, 2.75) is 0 Å². The summed E-state index contributed by atoms with van der Waals surface area (Å²) in [5.74, 6) is 0. The highest BCUT2D eigenvalue weighted by Crippen LogP contribution is 2.48. The number of benzene rings is 8. The third-order valence-electron chi connectivity index (χ3n) is 8.72. The van der Waals surface area contributed by atoms with Gasteiger partial charge in [-0.25, -0.2) is 0 Å². The second kappa shape index (κ2) is 9.44. The Morgan fingerprint density at radius 1 is 0.419 bits per heavy atom. The van der Waals surface area contributed by atoms with Crippen LogP contribution in [-0.2, 0) is 0 Å². The summed E-state index contributed by atoms with van der Waals surface area (Å²) < 4.78 is 16.3. The van der Waals surface area contributed by atoms with E-state index in [1.54, 1.807) is 0 Å². The summed E-state index contributed by atoms with van der Waals surface area (Å²) in [6, 6.07) is 53.6. The SMILES string of the molecule is [2H]c1c(-c2c3ccccc3c(-c3cccc(-c4ccccc4)c3)c3ccccc23)c2c3ccccc3oc2c2ccccc12. The first-order valence-corrected chi connectivity index (χ1v) is 14.7. The standard InChI is InChI=1S/C42H26O/c1-2-13-27(14-3-1)28-16-12-17-30(25-28)39-32-19-6-8-21-34(32)40(35-22-9-7-20-33(35)39)37-26-29-15-4-5-18-31(29)42-41(37)36-23-10-11-24-38(36)43-42/h1-26H/i26D. The fraction of sp³-hybridized carbons (Fsp3) is 0. The van der Waals surface area contributed by atoms with E-state index < -0.39 is 0 Å². The van der Waals surface area contributed by atoms with Crippen molar-refractivity contribution >= 4 is 54.3 Å². The molecular weight excluding hydrogens is 520 g/mol. The molecule has 0 aliphatic carbocycles. The Bertz CT molecular complexity index is 2500. The molecule has 200 valence electrons. The number of hydrogen-bond donors (Lipinski definition) is 0. The van der Waals surface area contributed by atoms with Crippen molar-refractivity contribution in [2.75, 3.05) is 0 Å². The molecule has 1 heteroatoms. The van der Waals surface area contributed by atoms with Crippen LogP contribution in [-0.4, -0.2) is 0 Å². The number of hydrogen-bond acceptors (Lipinski definition) is 1. The third-order valence-corrected chi connectivity index (χ3v) is 8.72. The highest BCUT2D eigenvalue weighted by molar-refractivity contribution is 6.28. The second-order valence-corrected chi connectivity index (χ2v) is 11.1. The first-order chi connectivity index (χ1) is 21.8. The van der Waals surface area contributed by atoms with Crippen LogP contribution in [0.5, 0.6) is 0 Å². The zero-order chi connectivity index (χ0) is 29.2. The number of fused-ring (bicyclic) bond motifs is 7. The van der Waals surface area contributed by atoms with E-state index in [-0.39, 0.29) is 0 Å². The van der Waals surface area contributed by atoms with Crippen LogP contribution in [0.25, 0.3) is 87.6 Å². The summed E-state index contributed by atoms with van der Waals surface area (Å²) in [5, 5.41) is 8.48. The average molecular weight is 548 g/mol. The Morgan fingerprint density at radius 3 is 1.67 bits per heavy atom. The van der Waals surface area contributed by atoms with Gasteiger partial charge in [0.1, 0.15) is 11.2 Å². The van der Waals surface area contributed by atoms with E-state index in [9.17, 15) is 1.37 Å². The lowest BCUT2D eigenvalue weighted by atomic mass is 9.84. The Balaban J connectivity index is 1.46. The van der Waals surface area contributed by atoms with E-state index in [0.29, 0.717) is 6.04 Å². The van der Waals surface area contributed by atoms with Crippen LogP contribution in [0.4, 0.5) is 0 Å². The number of rotatable bonds is 3. The van der Waals surface area contributed by atoms with E-state index in [2.05, 4.69) is 121 Å². The Morgan fingerprint density at radius 2 is 0.953 bits per heavy atom. The van der Waals surface area contributed by atoms with Crippen molar-refractivity contribution in [1.29, 1.82) is 0 Å². The minimum Gasteiger partial charge on any atom is -0.455 e. The molecule has 0 unspecified atom stereocenters. The van der Waals surface area contributed by atoms with Crippen molar-refractivity contribution in [1.82, 2.24) is 0 Å². The summed E-state index contributed by atoms with van der Waals surface area (Å²) in [4.78, 5) is 0. The van der Waals surface area contributed by atoms with Crippen LogP contribution < -0.4 is 0 Å². The van der Waals surface area contributed by atoms with Crippen LogP contribution in [0.15, 0.2) is 162 Å². The van der Waals surface area contributed by atoms with Gasteiger partial charge in [-0.05, 0) is 78.5 Å². The van der Waals surface area contributed by atoms with Gasteiger partial charge in [-0.1, -0.05) is 140 Å². The first-order valence-electron chi connectivity index (χ1n) is 15.2. The van der Waals surface area contributed by atoms with E-state index in [0.717, 1.165) is 54.6 Å². The predicted molar refractivity (Wildman–Crippen MR) is 183 cm³/mol. The van der Waals surface area contributed by atoms with Gasteiger partial charge in [-0.2, -0.15) is 0 Å². The summed E-state index contributed by atoms with van der Waals surface area (Å²) >= 11 is 0. The largest absolute Gasteiger partial charge is 0.455 e. The van der Waals surface area contributed by atoms with Crippen molar-refractivity contribution < 1.29 is 5.79 Å². The topological polar surface area (TPSA) is 13.1 Å². The molecule has 0 saturated heterocycles. The molecule has 0 spiro atoms. The minimum atomic E-state index is 0.522. The molecule has 1 nitrogen and oxygen atoms in total. The fourth-order valence-corrected chi connectivity index (χ4v) is 6.85. The van der Waals surface area contributed by atoms with Gasteiger partial charge < -0.3 is 4.42 Å². The maximum atomic E-state index is 9.72. The molecule has 0 aliphatic heterocycles. The Kier molecular flexibility index (Phi) is 5.04. The minimum absolute atomic E-state index is 0.522. The van der Waals surface area contributed by atoms with Crippen LogP contribution >= 0.6 is 0 Å². The molecule has 0 saturated carbocycles. The van der Waals surface area contributed by atoms with Gasteiger partial charge in [0.15, 0.2) is 0 Å². The average Bonchev–Trinajstić information content (AvgIpc) is 3.48. The van der Waals surface area contributed by atoms with Crippen LogP contribution in [0.1, 0.15) is 1.37 Å². The third kappa shape index (κ3) is 3.65. The molecule has 0 atom stereocenters. The molecule has 0 radical (unpaired) electrons. The van der Waals surface area contributed by atoms with Crippen molar-refractivity contribution in [3.8, 4) is 33.4 Å². The Hall–Kier alpha value is -5.66. The highest BCUT2D eigenvalue weighted by Gasteiger charge is 2.21. The van der Waals surface area contributed by atoms with Gasteiger partial charge in [-0.15, -0.1) is 0 Å². The normalized spacial score (nSPS) is 12.0. The lowest BCUT2D eigenvalue weighted by Crippen LogP contribution is -1.92. The van der Waals surface area contributed by atoms with E-state index >= 15 is 0 Å².